The first-order valence-corrected chi connectivity index (χ1v) is 4.80. The van der Waals surface area contributed by atoms with E-state index < -0.39 is 12.2 Å². The van der Waals surface area contributed by atoms with Crippen molar-refractivity contribution in [1.29, 1.82) is 0 Å². The molecular formula is C11H14F3NO. The highest BCUT2D eigenvalue weighted by molar-refractivity contribution is 5.35. The SMILES string of the molecule is COc1ccc(CC(N)C(F)(F)F)c(C)c1. The van der Waals surface area contributed by atoms with Gasteiger partial charge < -0.3 is 10.5 Å². The molecule has 1 unspecified atom stereocenters. The van der Waals surface area contributed by atoms with Gasteiger partial charge in [0, 0.05) is 0 Å². The first-order valence-electron chi connectivity index (χ1n) is 4.80. The molecular weight excluding hydrogens is 219 g/mol. The van der Waals surface area contributed by atoms with Crippen LogP contribution in [0.15, 0.2) is 18.2 Å². The number of nitrogens with two attached hydrogens (primary N) is 1. The number of ether oxygens (including phenoxy) is 1. The molecule has 1 aromatic carbocycles. The van der Waals surface area contributed by atoms with Gasteiger partial charge in [0.25, 0.3) is 0 Å². The maximum absolute atomic E-state index is 12.3. The quantitative estimate of drug-likeness (QED) is 0.870. The molecule has 0 aliphatic carbocycles. The molecule has 0 bridgehead atoms. The summed E-state index contributed by atoms with van der Waals surface area (Å²) >= 11 is 0. The number of alkyl halides is 3. The van der Waals surface area contributed by atoms with Crippen LogP contribution in [-0.4, -0.2) is 19.3 Å². The van der Waals surface area contributed by atoms with E-state index in [4.69, 9.17) is 10.5 Å². The average Bonchev–Trinajstić information content (AvgIpc) is 2.19. The van der Waals surface area contributed by atoms with Crippen LogP contribution in [0, 0.1) is 6.92 Å². The molecule has 0 saturated heterocycles. The van der Waals surface area contributed by atoms with Crippen molar-refractivity contribution in [2.24, 2.45) is 5.73 Å². The number of methoxy groups -OCH3 is 1. The molecule has 2 nitrogen and oxygen atoms in total. The Balaban J connectivity index is 2.82. The van der Waals surface area contributed by atoms with Gasteiger partial charge in [-0.1, -0.05) is 6.07 Å². The lowest BCUT2D eigenvalue weighted by atomic mass is 10.0. The third kappa shape index (κ3) is 3.13. The number of aryl methyl sites for hydroxylation is 1. The van der Waals surface area contributed by atoms with Crippen molar-refractivity contribution in [3.63, 3.8) is 0 Å². The van der Waals surface area contributed by atoms with E-state index in [0.717, 1.165) is 5.56 Å². The largest absolute Gasteiger partial charge is 0.497 e. The van der Waals surface area contributed by atoms with Gasteiger partial charge in [-0.3, -0.25) is 0 Å². The van der Waals surface area contributed by atoms with Crippen LogP contribution in [0.3, 0.4) is 0 Å². The average molecular weight is 233 g/mol. The first kappa shape index (κ1) is 12.8. The standard InChI is InChI=1S/C11H14F3NO/c1-7-5-9(16-2)4-3-8(7)6-10(15)11(12,13)14/h3-5,10H,6,15H2,1-2H3. The fourth-order valence-electron chi connectivity index (χ4n) is 1.38. The molecule has 0 radical (unpaired) electrons. The molecule has 0 aromatic heterocycles. The van der Waals surface area contributed by atoms with E-state index in [1.165, 1.54) is 7.11 Å². The molecule has 90 valence electrons. The Kier molecular flexibility index (Phi) is 3.80. The highest BCUT2D eigenvalue weighted by atomic mass is 19.4. The van der Waals surface area contributed by atoms with E-state index in [1.807, 2.05) is 0 Å². The first-order chi connectivity index (χ1) is 7.34. The summed E-state index contributed by atoms with van der Waals surface area (Å²) in [4.78, 5) is 0. The number of halogens is 3. The molecule has 2 N–H and O–H groups in total. The summed E-state index contributed by atoms with van der Waals surface area (Å²) in [5.41, 5.74) is 6.40. The summed E-state index contributed by atoms with van der Waals surface area (Å²) in [6, 6.07) is 3.11. The summed E-state index contributed by atoms with van der Waals surface area (Å²) < 4.78 is 41.8. The summed E-state index contributed by atoms with van der Waals surface area (Å²) in [5, 5.41) is 0. The fourth-order valence-corrected chi connectivity index (χ4v) is 1.38. The van der Waals surface area contributed by atoms with Crippen molar-refractivity contribution in [3.05, 3.63) is 29.3 Å². The zero-order valence-electron chi connectivity index (χ0n) is 9.14. The molecule has 0 aliphatic rings. The second kappa shape index (κ2) is 4.74. The minimum atomic E-state index is -4.35. The van der Waals surface area contributed by atoms with E-state index >= 15 is 0 Å². The van der Waals surface area contributed by atoms with E-state index in [9.17, 15) is 13.2 Å². The van der Waals surface area contributed by atoms with Gasteiger partial charge in [0.05, 0.1) is 7.11 Å². The molecule has 0 spiro atoms. The van der Waals surface area contributed by atoms with E-state index in [0.29, 0.717) is 11.3 Å². The zero-order valence-corrected chi connectivity index (χ0v) is 9.14. The maximum Gasteiger partial charge on any atom is 0.403 e. The lowest BCUT2D eigenvalue weighted by Gasteiger charge is -2.17. The van der Waals surface area contributed by atoms with Crippen molar-refractivity contribution in [1.82, 2.24) is 0 Å². The van der Waals surface area contributed by atoms with Gasteiger partial charge in [0.1, 0.15) is 11.8 Å². The second-order valence-corrected chi connectivity index (χ2v) is 3.64. The van der Waals surface area contributed by atoms with Gasteiger partial charge in [0.2, 0.25) is 0 Å². The van der Waals surface area contributed by atoms with Crippen molar-refractivity contribution in [2.45, 2.75) is 25.6 Å². The molecule has 0 aliphatic heterocycles. The number of hydrogen-bond donors (Lipinski definition) is 1. The molecule has 0 fully saturated rings. The predicted molar refractivity (Wildman–Crippen MR) is 55.5 cm³/mol. The fraction of sp³-hybridized carbons (Fsp3) is 0.455. The Morgan fingerprint density at radius 3 is 2.44 bits per heavy atom. The maximum atomic E-state index is 12.3. The smallest absolute Gasteiger partial charge is 0.403 e. The summed E-state index contributed by atoms with van der Waals surface area (Å²) in [5.74, 6) is 0.627. The second-order valence-electron chi connectivity index (χ2n) is 3.64. The molecule has 5 heteroatoms. The summed E-state index contributed by atoms with van der Waals surface area (Å²) in [6.07, 6.45) is -4.56. The molecule has 1 atom stereocenters. The van der Waals surface area contributed by atoms with Crippen LogP contribution in [-0.2, 0) is 6.42 Å². The van der Waals surface area contributed by atoms with Gasteiger partial charge in [-0.2, -0.15) is 13.2 Å². The molecule has 16 heavy (non-hydrogen) atoms. The lowest BCUT2D eigenvalue weighted by Crippen LogP contribution is -2.39. The predicted octanol–water partition coefficient (Wildman–Crippen LogP) is 2.44. The number of hydrogen-bond acceptors (Lipinski definition) is 2. The topological polar surface area (TPSA) is 35.2 Å². The van der Waals surface area contributed by atoms with Crippen molar-refractivity contribution in [3.8, 4) is 5.75 Å². The molecule has 0 saturated carbocycles. The minimum absolute atomic E-state index is 0.209. The van der Waals surface area contributed by atoms with Crippen LogP contribution in [0.25, 0.3) is 0 Å². The van der Waals surface area contributed by atoms with E-state index in [2.05, 4.69) is 0 Å². The third-order valence-corrected chi connectivity index (χ3v) is 2.41. The highest BCUT2D eigenvalue weighted by Crippen LogP contribution is 2.24. The van der Waals surface area contributed by atoms with Gasteiger partial charge >= 0.3 is 6.18 Å². The van der Waals surface area contributed by atoms with Crippen LogP contribution in [0.1, 0.15) is 11.1 Å². The monoisotopic (exact) mass is 233 g/mol. The Bertz CT molecular complexity index is 363. The van der Waals surface area contributed by atoms with Crippen LogP contribution in [0.5, 0.6) is 5.75 Å². The van der Waals surface area contributed by atoms with Crippen LogP contribution < -0.4 is 10.5 Å². The zero-order chi connectivity index (χ0) is 12.3. The van der Waals surface area contributed by atoms with E-state index in [1.54, 1.807) is 25.1 Å². The van der Waals surface area contributed by atoms with Gasteiger partial charge in [-0.25, -0.2) is 0 Å². The van der Waals surface area contributed by atoms with Gasteiger partial charge in [0.15, 0.2) is 0 Å². The Hall–Kier alpha value is -1.23. The number of rotatable bonds is 3. The Morgan fingerprint density at radius 1 is 1.38 bits per heavy atom. The Morgan fingerprint density at radius 2 is 2.00 bits per heavy atom. The van der Waals surface area contributed by atoms with Crippen LogP contribution >= 0.6 is 0 Å². The molecule has 1 aromatic rings. The minimum Gasteiger partial charge on any atom is -0.497 e. The van der Waals surface area contributed by atoms with Gasteiger partial charge in [-0.05, 0) is 36.6 Å². The highest BCUT2D eigenvalue weighted by Gasteiger charge is 2.36. The van der Waals surface area contributed by atoms with Crippen LogP contribution in [0.4, 0.5) is 13.2 Å². The third-order valence-electron chi connectivity index (χ3n) is 2.41. The Labute approximate surface area is 92.2 Å². The van der Waals surface area contributed by atoms with Crippen molar-refractivity contribution < 1.29 is 17.9 Å². The summed E-state index contributed by atoms with van der Waals surface area (Å²) in [6.45, 7) is 1.74. The molecule has 0 amide bonds. The normalized spacial score (nSPS) is 13.6. The van der Waals surface area contributed by atoms with Crippen molar-refractivity contribution in [2.75, 3.05) is 7.11 Å². The molecule has 1 rings (SSSR count). The lowest BCUT2D eigenvalue weighted by molar-refractivity contribution is -0.147. The number of benzene rings is 1. The van der Waals surface area contributed by atoms with E-state index in [-0.39, 0.29) is 6.42 Å². The van der Waals surface area contributed by atoms with Crippen molar-refractivity contribution >= 4 is 0 Å². The van der Waals surface area contributed by atoms with Crippen LogP contribution in [0.2, 0.25) is 0 Å². The summed E-state index contributed by atoms with van der Waals surface area (Å²) in [7, 11) is 1.51. The molecule has 0 heterocycles. The van der Waals surface area contributed by atoms with Gasteiger partial charge in [-0.15, -0.1) is 0 Å².